The summed E-state index contributed by atoms with van der Waals surface area (Å²) in [4.78, 5) is 24.2. The number of nitrogens with one attached hydrogen (secondary N) is 2. The second-order valence-corrected chi connectivity index (χ2v) is 8.40. The van der Waals surface area contributed by atoms with E-state index in [1.807, 2.05) is 12.1 Å². The molecule has 0 bridgehead atoms. The topological polar surface area (TPSA) is 85.9 Å². The summed E-state index contributed by atoms with van der Waals surface area (Å²) in [7, 11) is 3.05. The highest BCUT2D eigenvalue weighted by molar-refractivity contribution is 5.94. The van der Waals surface area contributed by atoms with Crippen molar-refractivity contribution in [3.05, 3.63) is 53.6 Å². The first-order valence-electron chi connectivity index (χ1n) is 10.7. The van der Waals surface area contributed by atoms with Crippen LogP contribution in [0.3, 0.4) is 0 Å². The Morgan fingerprint density at radius 1 is 0.875 bits per heavy atom. The second kappa shape index (κ2) is 12.0. The minimum atomic E-state index is -0.244. The van der Waals surface area contributed by atoms with Gasteiger partial charge in [0.25, 0.3) is 5.91 Å². The first-order valence-corrected chi connectivity index (χ1v) is 10.7. The first-order chi connectivity index (χ1) is 15.2. The fourth-order valence-corrected chi connectivity index (χ4v) is 3.02. The van der Waals surface area contributed by atoms with Crippen LogP contribution in [0.15, 0.2) is 42.5 Å². The summed E-state index contributed by atoms with van der Waals surface area (Å²) >= 11 is 0. The number of rotatable bonds is 11. The van der Waals surface area contributed by atoms with Crippen molar-refractivity contribution in [2.45, 2.75) is 39.0 Å². The fraction of sp³-hybridized carbons (Fsp3) is 0.440. The van der Waals surface area contributed by atoms with Gasteiger partial charge in [0.15, 0.2) is 11.5 Å². The summed E-state index contributed by atoms with van der Waals surface area (Å²) in [5.74, 6) is 1.53. The van der Waals surface area contributed by atoms with Gasteiger partial charge in [0.1, 0.15) is 5.75 Å². The van der Waals surface area contributed by atoms with Crippen molar-refractivity contribution in [1.82, 2.24) is 10.6 Å². The van der Waals surface area contributed by atoms with E-state index < -0.39 is 0 Å². The van der Waals surface area contributed by atoms with E-state index in [0.717, 1.165) is 5.75 Å². The highest BCUT2D eigenvalue weighted by Gasteiger charge is 2.13. The van der Waals surface area contributed by atoms with Gasteiger partial charge >= 0.3 is 0 Å². The lowest BCUT2D eigenvalue weighted by Crippen LogP contribution is -2.34. The van der Waals surface area contributed by atoms with Crippen molar-refractivity contribution in [2.24, 2.45) is 0 Å². The molecule has 0 saturated carbocycles. The molecule has 0 saturated heterocycles. The van der Waals surface area contributed by atoms with Gasteiger partial charge < -0.3 is 24.8 Å². The van der Waals surface area contributed by atoms with Crippen molar-refractivity contribution < 1.29 is 23.8 Å². The zero-order chi connectivity index (χ0) is 23.6. The van der Waals surface area contributed by atoms with Gasteiger partial charge in [0.05, 0.1) is 20.8 Å². The molecule has 0 unspecified atom stereocenters. The highest BCUT2D eigenvalue weighted by atomic mass is 16.5. The summed E-state index contributed by atoms with van der Waals surface area (Å²) in [5.41, 5.74) is 1.82. The maximum atomic E-state index is 12.2. The molecule has 0 fully saturated rings. The Bertz CT molecular complexity index is 888. The summed E-state index contributed by atoms with van der Waals surface area (Å²) in [6, 6.07) is 13.0. The molecule has 2 rings (SSSR count). The molecule has 0 radical (unpaired) electrons. The normalized spacial score (nSPS) is 10.9. The van der Waals surface area contributed by atoms with Gasteiger partial charge in [-0.3, -0.25) is 9.59 Å². The van der Waals surface area contributed by atoms with Crippen molar-refractivity contribution >= 4 is 11.8 Å². The van der Waals surface area contributed by atoms with Gasteiger partial charge in [0, 0.05) is 25.1 Å². The van der Waals surface area contributed by atoms with E-state index in [1.165, 1.54) is 19.8 Å². The quantitative estimate of drug-likeness (QED) is 0.518. The minimum absolute atomic E-state index is 0.0722. The third kappa shape index (κ3) is 7.80. The van der Waals surface area contributed by atoms with E-state index in [-0.39, 0.29) is 17.2 Å². The Morgan fingerprint density at radius 2 is 1.53 bits per heavy atom. The van der Waals surface area contributed by atoms with Crippen LogP contribution in [-0.2, 0) is 10.2 Å². The molecule has 2 amide bonds. The molecular weight excluding hydrogens is 408 g/mol. The Labute approximate surface area is 190 Å². The summed E-state index contributed by atoms with van der Waals surface area (Å²) in [6.45, 7) is 7.66. The van der Waals surface area contributed by atoms with E-state index in [0.29, 0.717) is 49.6 Å². The van der Waals surface area contributed by atoms with E-state index in [4.69, 9.17) is 14.2 Å². The van der Waals surface area contributed by atoms with Crippen molar-refractivity contribution in [3.8, 4) is 17.2 Å². The number of carbonyl (C=O) groups excluding carboxylic acids is 2. The van der Waals surface area contributed by atoms with Crippen LogP contribution in [0.25, 0.3) is 0 Å². The zero-order valence-electron chi connectivity index (χ0n) is 19.6. The minimum Gasteiger partial charge on any atom is -0.494 e. The molecule has 0 heterocycles. The summed E-state index contributed by atoms with van der Waals surface area (Å²) in [6.07, 6.45) is 0.981. The van der Waals surface area contributed by atoms with Gasteiger partial charge in [-0.15, -0.1) is 0 Å². The fourth-order valence-electron chi connectivity index (χ4n) is 3.02. The standard InChI is InChI=1S/C25H34N2O5/c1-25(2,3)19-9-11-20(12-10-19)32-16-6-7-23(28)26-14-15-27-24(29)18-8-13-21(30-4)22(17-18)31-5/h8-13,17H,6-7,14-16H2,1-5H3,(H,26,28)(H,27,29). The van der Waals surface area contributed by atoms with Gasteiger partial charge in [0.2, 0.25) is 5.91 Å². The van der Waals surface area contributed by atoms with Gasteiger partial charge in [-0.2, -0.15) is 0 Å². The number of hydrogen-bond donors (Lipinski definition) is 2. The number of benzene rings is 2. The van der Waals surface area contributed by atoms with E-state index >= 15 is 0 Å². The van der Waals surface area contributed by atoms with Gasteiger partial charge in [-0.1, -0.05) is 32.9 Å². The monoisotopic (exact) mass is 442 g/mol. The number of carbonyl (C=O) groups is 2. The second-order valence-electron chi connectivity index (χ2n) is 8.40. The summed E-state index contributed by atoms with van der Waals surface area (Å²) in [5, 5.41) is 5.57. The molecule has 2 aromatic rings. The van der Waals surface area contributed by atoms with E-state index in [1.54, 1.807) is 18.2 Å². The maximum absolute atomic E-state index is 12.2. The maximum Gasteiger partial charge on any atom is 0.251 e. The molecule has 0 spiro atoms. The Balaban J connectivity index is 1.62. The Morgan fingerprint density at radius 3 is 2.16 bits per heavy atom. The van der Waals surface area contributed by atoms with Gasteiger partial charge in [-0.05, 0) is 47.7 Å². The molecule has 174 valence electrons. The largest absolute Gasteiger partial charge is 0.494 e. The van der Waals surface area contributed by atoms with Crippen LogP contribution in [0.5, 0.6) is 17.2 Å². The molecular formula is C25H34N2O5. The van der Waals surface area contributed by atoms with Crippen LogP contribution in [0.1, 0.15) is 49.5 Å². The SMILES string of the molecule is COc1ccc(C(=O)NCCNC(=O)CCCOc2ccc(C(C)(C)C)cc2)cc1OC. The van der Waals surface area contributed by atoms with Crippen molar-refractivity contribution in [2.75, 3.05) is 33.9 Å². The molecule has 7 nitrogen and oxygen atoms in total. The van der Waals surface area contributed by atoms with Crippen molar-refractivity contribution in [1.29, 1.82) is 0 Å². The molecule has 32 heavy (non-hydrogen) atoms. The molecule has 0 aliphatic carbocycles. The van der Waals surface area contributed by atoms with Crippen LogP contribution in [-0.4, -0.2) is 45.7 Å². The van der Waals surface area contributed by atoms with E-state index in [9.17, 15) is 9.59 Å². The van der Waals surface area contributed by atoms with E-state index in [2.05, 4.69) is 43.5 Å². The molecule has 0 atom stereocenters. The van der Waals surface area contributed by atoms with Gasteiger partial charge in [-0.25, -0.2) is 0 Å². The third-order valence-electron chi connectivity index (χ3n) is 4.92. The lowest BCUT2D eigenvalue weighted by atomic mass is 9.87. The average molecular weight is 443 g/mol. The number of ether oxygens (including phenoxy) is 3. The Hall–Kier alpha value is -3.22. The van der Waals surface area contributed by atoms with Crippen LogP contribution in [0.2, 0.25) is 0 Å². The smallest absolute Gasteiger partial charge is 0.251 e. The number of methoxy groups -OCH3 is 2. The lowest BCUT2D eigenvalue weighted by Gasteiger charge is -2.19. The predicted molar refractivity (Wildman–Crippen MR) is 125 cm³/mol. The van der Waals surface area contributed by atoms with Crippen LogP contribution >= 0.6 is 0 Å². The first kappa shape index (κ1) is 25.0. The average Bonchev–Trinajstić information content (AvgIpc) is 2.78. The number of hydrogen-bond acceptors (Lipinski definition) is 5. The molecule has 0 aromatic heterocycles. The number of amides is 2. The predicted octanol–water partition coefficient (Wildman–Crippen LogP) is 3.71. The van der Waals surface area contributed by atoms with Crippen LogP contribution in [0.4, 0.5) is 0 Å². The molecule has 2 aromatic carbocycles. The van der Waals surface area contributed by atoms with Crippen molar-refractivity contribution in [3.63, 3.8) is 0 Å². The molecule has 0 aliphatic heterocycles. The summed E-state index contributed by atoms with van der Waals surface area (Å²) < 4.78 is 16.1. The third-order valence-corrected chi connectivity index (χ3v) is 4.92. The highest BCUT2D eigenvalue weighted by Crippen LogP contribution is 2.27. The molecule has 7 heteroatoms. The lowest BCUT2D eigenvalue weighted by molar-refractivity contribution is -0.121. The van der Waals surface area contributed by atoms with Crippen LogP contribution in [0, 0.1) is 0 Å². The molecule has 0 aliphatic rings. The zero-order valence-corrected chi connectivity index (χ0v) is 19.6. The van der Waals surface area contributed by atoms with Crippen LogP contribution < -0.4 is 24.8 Å². The Kier molecular flexibility index (Phi) is 9.38. The molecule has 2 N–H and O–H groups in total.